The van der Waals surface area contributed by atoms with Crippen LogP contribution in [0.4, 0.5) is 4.79 Å². The highest BCUT2D eigenvalue weighted by atomic mass is 16.6. The fourth-order valence-electron chi connectivity index (χ4n) is 1.83. The molecule has 0 saturated carbocycles. The summed E-state index contributed by atoms with van der Waals surface area (Å²) in [6.45, 7) is 7.13. The lowest BCUT2D eigenvalue weighted by atomic mass is 10.2. The predicted octanol–water partition coefficient (Wildman–Crippen LogP) is 1.27. The molecule has 6 nitrogen and oxygen atoms in total. The van der Waals surface area contributed by atoms with E-state index >= 15 is 0 Å². The minimum Gasteiger partial charge on any atom is -0.464 e. The van der Waals surface area contributed by atoms with Crippen LogP contribution in [-0.4, -0.2) is 46.5 Å². The Bertz CT molecular complexity index is 323. The van der Waals surface area contributed by atoms with Crippen LogP contribution in [0.15, 0.2) is 0 Å². The van der Waals surface area contributed by atoms with E-state index in [0.717, 1.165) is 4.90 Å². The molecule has 1 aliphatic rings. The van der Waals surface area contributed by atoms with Crippen LogP contribution < -0.4 is 0 Å². The third kappa shape index (κ3) is 3.60. The zero-order valence-corrected chi connectivity index (χ0v) is 11.3. The Morgan fingerprint density at radius 1 is 1.33 bits per heavy atom. The Balaban J connectivity index is 2.76. The molecule has 0 spiro atoms. The van der Waals surface area contributed by atoms with Crippen LogP contribution in [0.25, 0.3) is 0 Å². The molecule has 104 valence electrons. The summed E-state index contributed by atoms with van der Waals surface area (Å²) in [5.41, 5.74) is -0.668. The summed E-state index contributed by atoms with van der Waals surface area (Å²) < 4.78 is 10.1. The van der Waals surface area contributed by atoms with Crippen molar-refractivity contribution in [1.29, 1.82) is 0 Å². The number of carbonyl (C=O) groups is 2. The number of aliphatic hydroxyl groups excluding tert-OH is 1. The molecule has 1 N–H and O–H groups in total. The molecule has 18 heavy (non-hydrogen) atoms. The van der Waals surface area contributed by atoms with Gasteiger partial charge in [-0.2, -0.15) is 0 Å². The van der Waals surface area contributed by atoms with Gasteiger partial charge in [0.25, 0.3) is 0 Å². The van der Waals surface area contributed by atoms with Crippen LogP contribution >= 0.6 is 0 Å². The van der Waals surface area contributed by atoms with Gasteiger partial charge in [0, 0.05) is 0 Å². The molecule has 1 heterocycles. The highest BCUT2D eigenvalue weighted by Crippen LogP contribution is 2.25. The number of aliphatic hydroxyl groups is 1. The molecule has 0 aromatic heterocycles. The second kappa shape index (κ2) is 5.56. The van der Waals surface area contributed by atoms with E-state index in [1.165, 1.54) is 0 Å². The van der Waals surface area contributed by atoms with Crippen LogP contribution in [0.3, 0.4) is 0 Å². The van der Waals surface area contributed by atoms with Gasteiger partial charge in [0.05, 0.1) is 6.61 Å². The van der Waals surface area contributed by atoms with E-state index in [0.29, 0.717) is 12.8 Å². The molecule has 1 fully saturated rings. The Morgan fingerprint density at radius 2 is 1.94 bits per heavy atom. The maximum atomic E-state index is 11.9. The van der Waals surface area contributed by atoms with Crippen molar-refractivity contribution < 1.29 is 24.2 Å². The van der Waals surface area contributed by atoms with Crippen molar-refractivity contribution >= 4 is 12.1 Å². The third-order valence-corrected chi connectivity index (χ3v) is 2.52. The van der Waals surface area contributed by atoms with Crippen LogP contribution in [-0.2, 0) is 14.3 Å². The maximum absolute atomic E-state index is 11.9. The van der Waals surface area contributed by atoms with Crippen LogP contribution in [0, 0.1) is 0 Å². The topological polar surface area (TPSA) is 76.1 Å². The molecule has 0 bridgehead atoms. The van der Waals surface area contributed by atoms with Crippen LogP contribution in [0.5, 0.6) is 0 Å². The first kappa shape index (κ1) is 14.8. The number of ether oxygens (including phenoxy) is 2. The van der Waals surface area contributed by atoms with E-state index < -0.39 is 29.9 Å². The molecule has 1 saturated heterocycles. The van der Waals surface area contributed by atoms with Gasteiger partial charge in [-0.15, -0.1) is 0 Å². The summed E-state index contributed by atoms with van der Waals surface area (Å²) in [7, 11) is 0. The average molecular weight is 259 g/mol. The van der Waals surface area contributed by atoms with Gasteiger partial charge in [-0.1, -0.05) is 0 Å². The number of nitrogens with zero attached hydrogens (tertiary/aromatic N) is 1. The van der Waals surface area contributed by atoms with E-state index in [4.69, 9.17) is 9.47 Å². The number of carbonyl (C=O) groups excluding carboxylic acids is 2. The van der Waals surface area contributed by atoms with Crippen molar-refractivity contribution in [2.45, 2.75) is 58.4 Å². The van der Waals surface area contributed by atoms with Crippen LogP contribution in [0.2, 0.25) is 0 Å². The molecule has 1 aliphatic heterocycles. The highest BCUT2D eigenvalue weighted by molar-refractivity contribution is 5.82. The number of hydrogen-bond donors (Lipinski definition) is 1. The third-order valence-electron chi connectivity index (χ3n) is 2.52. The van der Waals surface area contributed by atoms with Crippen molar-refractivity contribution in [3.8, 4) is 0 Å². The molecule has 6 heteroatoms. The van der Waals surface area contributed by atoms with Crippen molar-refractivity contribution in [2.24, 2.45) is 0 Å². The SMILES string of the molecule is CCOC(=O)[C@@H]1CC[C@@H](O)N1C(=O)OC(C)(C)C. The number of hydrogen-bond acceptors (Lipinski definition) is 5. The second-order valence-corrected chi connectivity index (χ2v) is 5.21. The van der Waals surface area contributed by atoms with E-state index in [-0.39, 0.29) is 6.61 Å². The highest BCUT2D eigenvalue weighted by Gasteiger charge is 2.42. The normalized spacial score (nSPS) is 23.9. The lowest BCUT2D eigenvalue weighted by Crippen LogP contribution is -2.47. The lowest BCUT2D eigenvalue weighted by molar-refractivity contribution is -0.150. The van der Waals surface area contributed by atoms with Crippen molar-refractivity contribution in [3.05, 3.63) is 0 Å². The monoisotopic (exact) mass is 259 g/mol. The molecule has 1 rings (SSSR count). The van der Waals surface area contributed by atoms with Crippen LogP contribution in [0.1, 0.15) is 40.5 Å². The molecule has 0 aliphatic carbocycles. The first-order chi connectivity index (χ1) is 8.26. The fraction of sp³-hybridized carbons (Fsp3) is 0.833. The first-order valence-electron chi connectivity index (χ1n) is 6.12. The smallest absolute Gasteiger partial charge is 0.413 e. The second-order valence-electron chi connectivity index (χ2n) is 5.21. The summed E-state index contributed by atoms with van der Waals surface area (Å²) in [4.78, 5) is 24.7. The summed E-state index contributed by atoms with van der Waals surface area (Å²) in [6, 6.07) is -0.755. The number of rotatable bonds is 2. The van der Waals surface area contributed by atoms with Gasteiger partial charge in [-0.05, 0) is 40.5 Å². The molecular weight excluding hydrogens is 238 g/mol. The largest absolute Gasteiger partial charge is 0.464 e. The Morgan fingerprint density at radius 3 is 2.44 bits per heavy atom. The first-order valence-corrected chi connectivity index (χ1v) is 6.12. The summed E-state index contributed by atoms with van der Waals surface area (Å²) >= 11 is 0. The minimum atomic E-state index is -0.991. The number of amides is 1. The van der Waals surface area contributed by atoms with E-state index in [2.05, 4.69) is 0 Å². The van der Waals surface area contributed by atoms with Crippen molar-refractivity contribution in [3.63, 3.8) is 0 Å². The lowest BCUT2D eigenvalue weighted by Gasteiger charge is -2.29. The Kier molecular flexibility index (Phi) is 4.56. The zero-order valence-electron chi connectivity index (χ0n) is 11.3. The van der Waals surface area contributed by atoms with E-state index in [1.54, 1.807) is 27.7 Å². The summed E-state index contributed by atoms with van der Waals surface area (Å²) in [5, 5.41) is 9.76. The quantitative estimate of drug-likeness (QED) is 0.756. The standard InChI is InChI=1S/C12H21NO5/c1-5-17-10(15)8-6-7-9(14)13(8)11(16)18-12(2,3)4/h8-9,14H,5-7H2,1-4H3/t8-,9+/m0/s1. The maximum Gasteiger partial charge on any atom is 0.413 e. The molecule has 0 unspecified atom stereocenters. The van der Waals surface area contributed by atoms with E-state index in [1.807, 2.05) is 0 Å². The summed E-state index contributed by atoms with van der Waals surface area (Å²) in [5.74, 6) is -0.500. The molecular formula is C12H21NO5. The Hall–Kier alpha value is -1.30. The number of esters is 1. The van der Waals surface area contributed by atoms with Gasteiger partial charge in [-0.3, -0.25) is 4.90 Å². The molecule has 0 aromatic rings. The van der Waals surface area contributed by atoms with Gasteiger partial charge < -0.3 is 14.6 Å². The molecule has 0 radical (unpaired) electrons. The summed E-state index contributed by atoms with van der Waals surface area (Å²) in [6.07, 6.45) is -0.943. The van der Waals surface area contributed by atoms with E-state index in [9.17, 15) is 14.7 Å². The predicted molar refractivity (Wildman–Crippen MR) is 63.7 cm³/mol. The molecule has 0 aromatic carbocycles. The average Bonchev–Trinajstić information content (AvgIpc) is 2.58. The minimum absolute atomic E-state index is 0.244. The zero-order chi connectivity index (χ0) is 13.9. The van der Waals surface area contributed by atoms with Gasteiger partial charge in [0.1, 0.15) is 17.9 Å². The van der Waals surface area contributed by atoms with Gasteiger partial charge in [0.15, 0.2) is 0 Å². The Labute approximate surface area is 107 Å². The fourth-order valence-corrected chi connectivity index (χ4v) is 1.83. The van der Waals surface area contributed by atoms with Gasteiger partial charge in [0.2, 0.25) is 0 Å². The molecule has 2 atom stereocenters. The number of likely N-dealkylation sites (tertiary alicyclic amines) is 1. The van der Waals surface area contributed by atoms with Gasteiger partial charge >= 0.3 is 12.1 Å². The molecule has 1 amide bonds. The van der Waals surface area contributed by atoms with Crippen molar-refractivity contribution in [1.82, 2.24) is 4.90 Å². The van der Waals surface area contributed by atoms with Crippen molar-refractivity contribution in [2.75, 3.05) is 6.61 Å². The van der Waals surface area contributed by atoms with Gasteiger partial charge in [-0.25, -0.2) is 9.59 Å².